The minimum atomic E-state index is -0.338. The highest BCUT2D eigenvalue weighted by Gasteiger charge is 2.40. The predicted molar refractivity (Wildman–Crippen MR) is 113 cm³/mol. The Morgan fingerprint density at radius 1 is 0.897 bits per heavy atom. The molecule has 152 valence electrons. The number of carbonyl (C=O) groups excluding carboxylic acids is 2. The minimum Gasteiger partial charge on any atom is -0.493 e. The molecule has 0 aromatic heterocycles. The van der Waals surface area contributed by atoms with Crippen LogP contribution in [0.2, 0.25) is 0 Å². The molecule has 0 spiro atoms. The quantitative estimate of drug-likeness (QED) is 0.752. The summed E-state index contributed by atoms with van der Waals surface area (Å²) in [5.41, 5.74) is 4.09. The van der Waals surface area contributed by atoms with Gasteiger partial charge in [0, 0.05) is 11.7 Å². The predicted octanol–water partition coefficient (Wildman–Crippen LogP) is 3.92. The number of ether oxygens (including phenoxy) is 2. The third kappa shape index (κ3) is 3.70. The number of aryl methyl sites for hydroxylation is 2. The summed E-state index contributed by atoms with van der Waals surface area (Å²) < 4.78 is 10.7. The number of hydrogen-bond donors (Lipinski definition) is 1. The van der Waals surface area contributed by atoms with E-state index < -0.39 is 0 Å². The molecule has 0 atom stereocenters. The average Bonchev–Trinajstić information content (AvgIpc) is 2.93. The molecular formula is C23H26N2O4. The number of anilines is 1. The number of nitrogens with one attached hydrogen (secondary N) is 1. The number of imide groups is 1. The van der Waals surface area contributed by atoms with Gasteiger partial charge in [-0.15, -0.1) is 0 Å². The van der Waals surface area contributed by atoms with Gasteiger partial charge in [-0.3, -0.25) is 14.5 Å². The summed E-state index contributed by atoms with van der Waals surface area (Å²) in [5.74, 6) is 0.379. The first-order chi connectivity index (χ1) is 13.8. The van der Waals surface area contributed by atoms with Gasteiger partial charge in [0.15, 0.2) is 11.5 Å². The molecule has 1 heterocycles. The molecule has 29 heavy (non-hydrogen) atoms. The van der Waals surface area contributed by atoms with E-state index in [1.807, 2.05) is 45.9 Å². The zero-order valence-corrected chi connectivity index (χ0v) is 17.6. The van der Waals surface area contributed by atoms with Gasteiger partial charge in [0.1, 0.15) is 5.70 Å². The molecule has 2 amide bonds. The molecule has 1 aliphatic rings. The van der Waals surface area contributed by atoms with Crippen molar-refractivity contribution in [2.24, 2.45) is 0 Å². The summed E-state index contributed by atoms with van der Waals surface area (Å²) in [7, 11) is 3.08. The van der Waals surface area contributed by atoms with E-state index in [9.17, 15) is 9.59 Å². The lowest BCUT2D eigenvalue weighted by Crippen LogP contribution is -2.38. The van der Waals surface area contributed by atoms with Gasteiger partial charge >= 0.3 is 0 Å². The summed E-state index contributed by atoms with van der Waals surface area (Å²) >= 11 is 0. The Balaban J connectivity index is 2.16. The highest BCUT2D eigenvalue weighted by Crippen LogP contribution is 2.36. The highest BCUT2D eigenvalue weighted by atomic mass is 16.5. The van der Waals surface area contributed by atoms with Gasteiger partial charge in [0.2, 0.25) is 0 Å². The molecule has 2 aromatic carbocycles. The van der Waals surface area contributed by atoms with E-state index in [2.05, 4.69) is 5.32 Å². The second-order valence-electron chi connectivity index (χ2n) is 7.34. The fraction of sp³-hybridized carbons (Fsp3) is 0.304. The lowest BCUT2D eigenvalue weighted by molar-refractivity contribution is -0.138. The van der Waals surface area contributed by atoms with Crippen LogP contribution in [0.25, 0.3) is 5.57 Å². The van der Waals surface area contributed by atoms with E-state index in [4.69, 9.17) is 9.47 Å². The number of amides is 2. The fourth-order valence-corrected chi connectivity index (χ4v) is 3.48. The SMILES string of the molecule is COc1ccc(C2=C(Nc3ccc(C)cc3C)C(=O)N(C(C)C)C2=O)cc1OC. The third-order valence-corrected chi connectivity index (χ3v) is 4.95. The Labute approximate surface area is 171 Å². The monoisotopic (exact) mass is 394 g/mol. The van der Waals surface area contributed by atoms with Crippen molar-refractivity contribution in [2.75, 3.05) is 19.5 Å². The van der Waals surface area contributed by atoms with Gasteiger partial charge in [0.05, 0.1) is 19.8 Å². The van der Waals surface area contributed by atoms with Gasteiger partial charge in [-0.25, -0.2) is 0 Å². The molecule has 6 heteroatoms. The van der Waals surface area contributed by atoms with E-state index in [-0.39, 0.29) is 23.6 Å². The van der Waals surface area contributed by atoms with Crippen molar-refractivity contribution in [3.05, 3.63) is 58.8 Å². The van der Waals surface area contributed by atoms with Crippen molar-refractivity contribution in [3.63, 3.8) is 0 Å². The number of benzene rings is 2. The first-order valence-electron chi connectivity index (χ1n) is 9.47. The molecule has 3 rings (SSSR count). The van der Waals surface area contributed by atoms with Crippen LogP contribution in [-0.2, 0) is 9.59 Å². The Morgan fingerprint density at radius 3 is 2.17 bits per heavy atom. The number of carbonyl (C=O) groups is 2. The normalized spacial score (nSPS) is 14.1. The van der Waals surface area contributed by atoms with Crippen LogP contribution in [-0.4, -0.2) is 37.0 Å². The fourth-order valence-electron chi connectivity index (χ4n) is 3.48. The van der Waals surface area contributed by atoms with E-state index in [1.165, 1.54) is 12.0 Å². The van der Waals surface area contributed by atoms with Crippen molar-refractivity contribution < 1.29 is 19.1 Å². The van der Waals surface area contributed by atoms with Gasteiger partial charge in [-0.2, -0.15) is 0 Å². The molecule has 2 aromatic rings. The van der Waals surface area contributed by atoms with Crippen LogP contribution in [0.15, 0.2) is 42.1 Å². The maximum absolute atomic E-state index is 13.2. The molecule has 0 bridgehead atoms. The molecular weight excluding hydrogens is 368 g/mol. The highest BCUT2D eigenvalue weighted by molar-refractivity contribution is 6.36. The van der Waals surface area contributed by atoms with Crippen molar-refractivity contribution in [2.45, 2.75) is 33.7 Å². The molecule has 1 N–H and O–H groups in total. The van der Waals surface area contributed by atoms with Crippen molar-refractivity contribution >= 4 is 23.1 Å². The van der Waals surface area contributed by atoms with Gasteiger partial charge < -0.3 is 14.8 Å². The van der Waals surface area contributed by atoms with Gasteiger partial charge in [0.25, 0.3) is 11.8 Å². The molecule has 0 fully saturated rings. The Bertz CT molecular complexity index is 1010. The van der Waals surface area contributed by atoms with E-state index in [0.717, 1.165) is 16.8 Å². The van der Waals surface area contributed by atoms with Crippen LogP contribution < -0.4 is 14.8 Å². The van der Waals surface area contributed by atoms with E-state index in [1.54, 1.807) is 25.3 Å². The van der Waals surface area contributed by atoms with Crippen molar-refractivity contribution in [1.29, 1.82) is 0 Å². The van der Waals surface area contributed by atoms with Gasteiger partial charge in [-0.05, 0) is 57.0 Å². The summed E-state index contributed by atoms with van der Waals surface area (Å²) in [5, 5.41) is 3.21. The number of rotatable bonds is 6. The Kier molecular flexibility index (Phi) is 5.64. The molecule has 0 saturated heterocycles. The van der Waals surface area contributed by atoms with Crippen LogP contribution in [0.5, 0.6) is 11.5 Å². The summed E-state index contributed by atoms with van der Waals surface area (Å²) in [6.07, 6.45) is 0. The second-order valence-corrected chi connectivity index (χ2v) is 7.34. The van der Waals surface area contributed by atoms with Crippen LogP contribution in [0.1, 0.15) is 30.5 Å². The summed E-state index contributed by atoms with van der Waals surface area (Å²) in [4.78, 5) is 27.6. The first-order valence-corrected chi connectivity index (χ1v) is 9.47. The lowest BCUT2D eigenvalue weighted by atomic mass is 10.0. The molecule has 1 aliphatic heterocycles. The van der Waals surface area contributed by atoms with Crippen LogP contribution in [0.3, 0.4) is 0 Å². The molecule has 6 nitrogen and oxygen atoms in total. The lowest BCUT2D eigenvalue weighted by Gasteiger charge is -2.19. The van der Waals surface area contributed by atoms with Gasteiger partial charge in [-0.1, -0.05) is 23.8 Å². The largest absolute Gasteiger partial charge is 0.493 e. The molecule has 0 aliphatic carbocycles. The third-order valence-electron chi connectivity index (χ3n) is 4.95. The zero-order valence-electron chi connectivity index (χ0n) is 17.6. The number of hydrogen-bond acceptors (Lipinski definition) is 5. The summed E-state index contributed by atoms with van der Waals surface area (Å²) in [6.45, 7) is 7.62. The maximum Gasteiger partial charge on any atom is 0.278 e. The second kappa shape index (κ2) is 7.99. The van der Waals surface area contributed by atoms with Crippen LogP contribution in [0, 0.1) is 13.8 Å². The smallest absolute Gasteiger partial charge is 0.278 e. The minimum absolute atomic E-state index is 0.261. The maximum atomic E-state index is 13.2. The van der Waals surface area contributed by atoms with Crippen LogP contribution in [0.4, 0.5) is 5.69 Å². The Morgan fingerprint density at radius 2 is 1.59 bits per heavy atom. The first kappa shape index (κ1) is 20.5. The van der Waals surface area contributed by atoms with Crippen molar-refractivity contribution in [1.82, 2.24) is 4.90 Å². The van der Waals surface area contributed by atoms with Crippen molar-refractivity contribution in [3.8, 4) is 11.5 Å². The van der Waals surface area contributed by atoms with E-state index >= 15 is 0 Å². The standard InChI is InChI=1S/C23H26N2O4/c1-13(2)25-22(26)20(16-8-10-18(28-5)19(12-16)29-6)21(23(25)27)24-17-9-7-14(3)11-15(17)4/h7-13,24H,1-6H3. The zero-order chi connectivity index (χ0) is 21.3. The number of nitrogens with zero attached hydrogens (tertiary/aromatic N) is 1. The topological polar surface area (TPSA) is 67.9 Å². The molecule has 0 radical (unpaired) electrons. The molecule has 0 unspecified atom stereocenters. The molecule has 0 saturated carbocycles. The summed E-state index contributed by atoms with van der Waals surface area (Å²) in [6, 6.07) is 10.9. The number of methoxy groups -OCH3 is 2. The van der Waals surface area contributed by atoms with E-state index in [0.29, 0.717) is 22.6 Å². The average molecular weight is 394 g/mol. The van der Waals surface area contributed by atoms with Crippen LogP contribution >= 0.6 is 0 Å². The Hall–Kier alpha value is -3.28.